The number of esters is 1. The number of carbonyl (C=O) groups excluding carboxylic acids is 2. The number of hydrogen-bond donors (Lipinski definition) is 5. The van der Waals surface area contributed by atoms with Gasteiger partial charge >= 0.3 is 23.9 Å². The number of nitrogens with zero attached hydrogens (tertiary/aromatic N) is 3. The van der Waals surface area contributed by atoms with Crippen LogP contribution >= 0.6 is 0 Å². The normalized spacial score (nSPS) is 13.1. The van der Waals surface area contributed by atoms with Gasteiger partial charge in [-0.2, -0.15) is 0 Å². The number of ether oxygens (including phenoxy) is 1. The van der Waals surface area contributed by atoms with Crippen LogP contribution in [0.5, 0.6) is 0 Å². The van der Waals surface area contributed by atoms with E-state index in [1.54, 1.807) is 31.6 Å². The van der Waals surface area contributed by atoms with E-state index in [0.717, 1.165) is 0 Å². The van der Waals surface area contributed by atoms with Crippen LogP contribution in [0, 0.1) is 0 Å². The van der Waals surface area contributed by atoms with Crippen LogP contribution in [0.1, 0.15) is 58.6 Å². The summed E-state index contributed by atoms with van der Waals surface area (Å²) in [7, 11) is 0. The van der Waals surface area contributed by atoms with Gasteiger partial charge in [0.2, 0.25) is 0 Å². The van der Waals surface area contributed by atoms with E-state index in [-0.39, 0.29) is 19.4 Å². The van der Waals surface area contributed by atoms with Gasteiger partial charge in [0.25, 0.3) is 0 Å². The number of nitrogens with one attached hydrogen (secondary N) is 2. The Bertz CT molecular complexity index is 789. The van der Waals surface area contributed by atoms with Crippen molar-refractivity contribution in [3.05, 3.63) is 11.9 Å². The molecule has 32 heavy (non-hydrogen) atoms. The Morgan fingerprint density at radius 1 is 1.12 bits per heavy atom. The monoisotopic (exact) mass is 456 g/mol. The molecule has 1 aromatic heterocycles. The third-order valence-corrected chi connectivity index (χ3v) is 4.17. The van der Waals surface area contributed by atoms with Crippen molar-refractivity contribution in [2.24, 2.45) is 5.73 Å². The lowest BCUT2D eigenvalue weighted by molar-refractivity contribution is -0.157. The minimum atomic E-state index is -1.41. The summed E-state index contributed by atoms with van der Waals surface area (Å²) in [6, 6.07) is -3.32. The van der Waals surface area contributed by atoms with Gasteiger partial charge in [0.15, 0.2) is 0 Å². The van der Waals surface area contributed by atoms with Crippen LogP contribution in [0.2, 0.25) is 0 Å². The molecule has 1 aromatic rings. The second-order valence-electron chi connectivity index (χ2n) is 8.20. The van der Waals surface area contributed by atoms with Crippen molar-refractivity contribution in [3.8, 4) is 0 Å². The Morgan fingerprint density at radius 2 is 1.78 bits per heavy atom. The highest BCUT2D eigenvalue weighted by molar-refractivity contribution is 5.87. The summed E-state index contributed by atoms with van der Waals surface area (Å²) < 4.78 is 6.98. The van der Waals surface area contributed by atoms with E-state index in [4.69, 9.17) is 15.6 Å². The van der Waals surface area contributed by atoms with Crippen LogP contribution in [0.25, 0.3) is 0 Å². The summed E-state index contributed by atoms with van der Waals surface area (Å²) in [6.45, 7) is 5.89. The Balaban J connectivity index is 2.68. The molecule has 0 radical (unpaired) electrons. The first kappa shape index (κ1) is 26.8. The summed E-state index contributed by atoms with van der Waals surface area (Å²) in [5, 5.41) is 30.4. The fourth-order valence-corrected chi connectivity index (χ4v) is 2.67. The molecule has 1 unspecified atom stereocenters. The molecule has 0 saturated heterocycles. The molecule has 1 rings (SSSR count). The van der Waals surface area contributed by atoms with Gasteiger partial charge in [0, 0.05) is 25.7 Å². The van der Waals surface area contributed by atoms with Crippen LogP contribution < -0.4 is 16.4 Å². The fraction of sp³-hybridized carbons (Fsp3) is 0.684. The van der Waals surface area contributed by atoms with Crippen molar-refractivity contribution < 1.29 is 34.1 Å². The predicted molar refractivity (Wildman–Crippen MR) is 111 cm³/mol. The predicted octanol–water partition coefficient (Wildman–Crippen LogP) is 0.235. The Hall–Kier alpha value is -3.22. The molecule has 0 aliphatic rings. The Morgan fingerprint density at radius 3 is 2.31 bits per heavy atom. The molecule has 13 heteroatoms. The van der Waals surface area contributed by atoms with E-state index in [9.17, 15) is 24.3 Å². The maximum absolute atomic E-state index is 12.5. The van der Waals surface area contributed by atoms with Crippen molar-refractivity contribution in [2.75, 3.05) is 0 Å². The molecule has 180 valence electrons. The molecular formula is C19H32N6O7. The molecule has 0 aliphatic carbocycles. The zero-order valence-electron chi connectivity index (χ0n) is 18.5. The number of carbonyl (C=O) groups is 4. The molecule has 0 aromatic carbocycles. The number of unbranched alkanes of at least 4 members (excludes halogenated alkanes) is 1. The largest absolute Gasteiger partial charge is 0.481 e. The molecule has 0 saturated carbocycles. The van der Waals surface area contributed by atoms with Gasteiger partial charge in [0.05, 0.1) is 5.69 Å². The first-order chi connectivity index (χ1) is 14.9. The highest BCUT2D eigenvalue weighted by atomic mass is 16.6. The Labute approximate surface area is 185 Å². The fourth-order valence-electron chi connectivity index (χ4n) is 2.67. The number of nitrogens with two attached hydrogens (primary N) is 1. The smallest absolute Gasteiger partial charge is 0.329 e. The van der Waals surface area contributed by atoms with Gasteiger partial charge in [0.1, 0.15) is 17.7 Å². The second kappa shape index (κ2) is 12.6. The molecule has 0 fully saturated rings. The van der Waals surface area contributed by atoms with Crippen molar-refractivity contribution in [2.45, 2.75) is 83.6 Å². The lowest BCUT2D eigenvalue weighted by Gasteiger charge is -2.25. The summed E-state index contributed by atoms with van der Waals surface area (Å²) in [5.74, 6) is -3.22. The number of carboxylic acid groups (broad SMARTS) is 2. The number of hydrogen-bond acceptors (Lipinski definition) is 8. The van der Waals surface area contributed by atoms with Crippen LogP contribution in [-0.4, -0.2) is 66.8 Å². The minimum absolute atomic E-state index is 0.244. The summed E-state index contributed by atoms with van der Waals surface area (Å²) in [6.07, 6.45) is 2.41. The SMILES string of the molecule is CC(C)(C)OC(=O)[C@H](CCCCn1cc(CN)nn1)NC(=O)NC(CCC(=O)O)C(=O)O. The van der Waals surface area contributed by atoms with E-state index in [1.807, 2.05) is 0 Å². The number of aromatic nitrogens is 3. The van der Waals surface area contributed by atoms with Crippen molar-refractivity contribution in [1.82, 2.24) is 25.6 Å². The lowest BCUT2D eigenvalue weighted by atomic mass is 10.1. The number of rotatable bonds is 13. The van der Waals surface area contributed by atoms with Gasteiger partial charge < -0.3 is 31.3 Å². The first-order valence-electron chi connectivity index (χ1n) is 10.2. The van der Waals surface area contributed by atoms with Gasteiger partial charge in [-0.1, -0.05) is 5.21 Å². The molecule has 2 atom stereocenters. The van der Waals surface area contributed by atoms with Gasteiger partial charge in [-0.15, -0.1) is 5.10 Å². The van der Waals surface area contributed by atoms with E-state index >= 15 is 0 Å². The second-order valence-corrected chi connectivity index (χ2v) is 8.20. The van der Waals surface area contributed by atoms with Crippen molar-refractivity contribution in [3.63, 3.8) is 0 Å². The molecule has 13 nitrogen and oxygen atoms in total. The molecular weight excluding hydrogens is 424 g/mol. The number of amides is 2. The molecule has 2 amide bonds. The van der Waals surface area contributed by atoms with Gasteiger partial charge in [-0.05, 0) is 46.5 Å². The van der Waals surface area contributed by atoms with Crippen molar-refractivity contribution >= 4 is 23.9 Å². The van der Waals surface area contributed by atoms with Gasteiger partial charge in [-0.25, -0.2) is 14.4 Å². The zero-order chi connectivity index (χ0) is 24.3. The average molecular weight is 457 g/mol. The highest BCUT2D eigenvalue weighted by Gasteiger charge is 2.28. The molecule has 0 spiro atoms. The molecule has 1 heterocycles. The molecule has 6 N–H and O–H groups in total. The van der Waals surface area contributed by atoms with Crippen LogP contribution in [0.4, 0.5) is 4.79 Å². The number of carboxylic acids is 2. The molecule has 0 bridgehead atoms. The maximum atomic E-state index is 12.5. The first-order valence-corrected chi connectivity index (χ1v) is 10.2. The van der Waals surface area contributed by atoms with Crippen LogP contribution in [0.15, 0.2) is 6.20 Å². The summed E-state index contributed by atoms with van der Waals surface area (Å²) >= 11 is 0. The van der Waals surface area contributed by atoms with E-state index in [0.29, 0.717) is 25.1 Å². The number of aryl methyl sites for hydroxylation is 1. The minimum Gasteiger partial charge on any atom is -0.481 e. The maximum Gasteiger partial charge on any atom is 0.329 e. The van der Waals surface area contributed by atoms with E-state index < -0.39 is 48.0 Å². The van der Waals surface area contributed by atoms with E-state index in [1.165, 1.54) is 0 Å². The van der Waals surface area contributed by atoms with Crippen LogP contribution in [0.3, 0.4) is 0 Å². The summed E-state index contributed by atoms with van der Waals surface area (Å²) in [4.78, 5) is 46.8. The highest BCUT2D eigenvalue weighted by Crippen LogP contribution is 2.12. The third-order valence-electron chi connectivity index (χ3n) is 4.17. The van der Waals surface area contributed by atoms with E-state index in [2.05, 4.69) is 20.9 Å². The topological polar surface area (TPSA) is 199 Å². The lowest BCUT2D eigenvalue weighted by Crippen LogP contribution is -2.52. The number of aliphatic carboxylic acids is 2. The average Bonchev–Trinajstić information content (AvgIpc) is 3.13. The van der Waals surface area contributed by atoms with Gasteiger partial charge in [-0.3, -0.25) is 9.48 Å². The van der Waals surface area contributed by atoms with Crippen LogP contribution in [-0.2, 0) is 32.2 Å². The zero-order valence-corrected chi connectivity index (χ0v) is 18.5. The standard InChI is InChI=1S/C19H32N6O7/c1-19(2,3)32-17(30)14(6-4-5-9-25-11-12(10-20)23-24-25)22-18(31)21-13(16(28)29)7-8-15(26)27/h11,13-14H,4-10,20H2,1-3H3,(H,26,27)(H,28,29)(H2,21,22,31)/t13?,14-/m0/s1. The third kappa shape index (κ3) is 10.7. The molecule has 0 aliphatic heterocycles. The summed E-state index contributed by atoms with van der Waals surface area (Å²) in [5.41, 5.74) is 5.37. The Kier molecular flexibility index (Phi) is 10.5. The van der Waals surface area contributed by atoms with Crippen molar-refractivity contribution in [1.29, 1.82) is 0 Å². The number of urea groups is 1. The quantitative estimate of drug-likeness (QED) is 0.202.